The van der Waals surface area contributed by atoms with E-state index in [0.717, 1.165) is 21.6 Å². The first kappa shape index (κ1) is 29.0. The molecule has 0 atom stereocenters. The number of thiophene rings is 1. The van der Waals surface area contributed by atoms with Crippen LogP contribution >= 0.6 is 11.3 Å². The Bertz CT molecular complexity index is 1450. The van der Waals surface area contributed by atoms with E-state index >= 15 is 0 Å². The quantitative estimate of drug-likeness (QED) is 0.332. The molecule has 0 aliphatic carbocycles. The molecule has 0 unspecified atom stereocenters. The molecule has 1 aliphatic rings. The lowest BCUT2D eigenvalue weighted by molar-refractivity contribution is -0.133. The molecule has 218 valence electrons. The highest BCUT2D eigenvalue weighted by Crippen LogP contribution is 2.38. The minimum absolute atomic E-state index is 0. The maximum absolute atomic E-state index is 13.8. The average Bonchev–Trinajstić information content (AvgIpc) is 3.35. The number of benzene rings is 1. The van der Waals surface area contributed by atoms with Gasteiger partial charge in [0.05, 0.1) is 18.3 Å². The number of ether oxygens (including phenoxy) is 2. The molecule has 1 aliphatic heterocycles. The standard InChI is InChI=1S/C29H35N5O5S.3H2/c1-17-8-9-18(19-10-11-23(38-6)31-16-19)14-21(17)32-27(37)33-24-20(15-22(40-24)29(4,5)39-7)25(35)34-13-12-30-26(36)28(34,2)3;;;/h8-11,14-16H,12-13H2,1-7H3,(H,30,36)(H2,32,33,37);3*1H. The molecule has 3 aromatic rings. The molecule has 0 saturated carbocycles. The molecule has 0 spiro atoms. The third-order valence-electron chi connectivity index (χ3n) is 7.15. The number of carbonyl (C=O) groups excluding carboxylic acids is 3. The van der Waals surface area contributed by atoms with Crippen molar-refractivity contribution >= 4 is 39.9 Å². The van der Waals surface area contributed by atoms with Gasteiger partial charge >= 0.3 is 6.03 Å². The largest absolute Gasteiger partial charge is 0.481 e. The molecular weight excluding hydrogens is 530 g/mol. The summed E-state index contributed by atoms with van der Waals surface area (Å²) in [6.07, 6.45) is 1.71. The Morgan fingerprint density at radius 3 is 2.50 bits per heavy atom. The summed E-state index contributed by atoms with van der Waals surface area (Å²) < 4.78 is 10.8. The molecule has 2 aromatic heterocycles. The Morgan fingerprint density at radius 2 is 1.85 bits per heavy atom. The molecule has 1 saturated heterocycles. The van der Waals surface area contributed by atoms with Crippen LogP contribution in [0.2, 0.25) is 0 Å². The molecule has 0 bridgehead atoms. The van der Waals surface area contributed by atoms with Crippen LogP contribution in [0.3, 0.4) is 0 Å². The summed E-state index contributed by atoms with van der Waals surface area (Å²) in [6.45, 7) is 9.80. The first-order valence-corrected chi connectivity index (χ1v) is 13.7. The van der Waals surface area contributed by atoms with E-state index in [1.54, 1.807) is 46.4 Å². The highest BCUT2D eigenvalue weighted by atomic mass is 32.1. The van der Waals surface area contributed by atoms with Gasteiger partial charge in [-0.1, -0.05) is 12.1 Å². The maximum atomic E-state index is 13.8. The van der Waals surface area contributed by atoms with Gasteiger partial charge in [-0.15, -0.1) is 11.3 Å². The van der Waals surface area contributed by atoms with Gasteiger partial charge in [0.25, 0.3) is 5.91 Å². The van der Waals surface area contributed by atoms with Gasteiger partial charge in [-0.3, -0.25) is 14.9 Å². The van der Waals surface area contributed by atoms with Crippen molar-refractivity contribution in [3.05, 3.63) is 58.6 Å². The summed E-state index contributed by atoms with van der Waals surface area (Å²) >= 11 is 1.27. The Balaban J connectivity index is 0.00000308. The van der Waals surface area contributed by atoms with Crippen molar-refractivity contribution in [2.75, 3.05) is 37.9 Å². The molecule has 10 nitrogen and oxygen atoms in total. The molecule has 40 heavy (non-hydrogen) atoms. The Morgan fingerprint density at radius 1 is 1.12 bits per heavy atom. The van der Waals surface area contributed by atoms with Crippen molar-refractivity contribution in [2.45, 2.75) is 45.8 Å². The molecule has 3 heterocycles. The fourth-order valence-electron chi connectivity index (χ4n) is 4.31. The van der Waals surface area contributed by atoms with Crippen molar-refractivity contribution in [1.29, 1.82) is 0 Å². The molecule has 11 heteroatoms. The number of aromatic nitrogens is 1. The summed E-state index contributed by atoms with van der Waals surface area (Å²) in [5.41, 5.74) is 1.79. The van der Waals surface area contributed by atoms with E-state index in [9.17, 15) is 14.4 Å². The number of amides is 4. The number of piperazine rings is 1. The van der Waals surface area contributed by atoms with Crippen LogP contribution in [0.1, 0.15) is 52.8 Å². The summed E-state index contributed by atoms with van der Waals surface area (Å²) in [5, 5.41) is 8.97. The molecule has 3 N–H and O–H groups in total. The zero-order valence-corrected chi connectivity index (χ0v) is 24.6. The number of aryl methyl sites for hydroxylation is 1. The Labute approximate surface area is 242 Å². The highest BCUT2D eigenvalue weighted by Gasteiger charge is 2.42. The van der Waals surface area contributed by atoms with Crippen LogP contribution in [-0.2, 0) is 15.1 Å². The molecule has 1 fully saturated rings. The number of pyridine rings is 1. The number of nitrogens with zero attached hydrogens (tertiary/aromatic N) is 2. The first-order chi connectivity index (χ1) is 18.9. The van der Waals surface area contributed by atoms with E-state index in [0.29, 0.717) is 35.2 Å². The van der Waals surface area contributed by atoms with Gasteiger partial charge in [0.15, 0.2) is 0 Å². The van der Waals surface area contributed by atoms with Crippen molar-refractivity contribution in [1.82, 2.24) is 15.2 Å². The van der Waals surface area contributed by atoms with Crippen LogP contribution in [-0.4, -0.2) is 60.6 Å². The average molecular weight is 572 g/mol. The van der Waals surface area contributed by atoms with Gasteiger partial charge in [-0.25, -0.2) is 9.78 Å². The van der Waals surface area contributed by atoms with Gasteiger partial charge in [-0.05, 0) is 63.9 Å². The predicted molar refractivity (Wildman–Crippen MR) is 162 cm³/mol. The summed E-state index contributed by atoms with van der Waals surface area (Å²) in [7, 11) is 3.15. The molecule has 0 radical (unpaired) electrons. The van der Waals surface area contributed by atoms with Gasteiger partial charge in [0.1, 0.15) is 10.5 Å². The lowest BCUT2D eigenvalue weighted by Crippen LogP contribution is -2.63. The third-order valence-corrected chi connectivity index (χ3v) is 8.51. The van der Waals surface area contributed by atoms with E-state index in [1.165, 1.54) is 16.2 Å². The Kier molecular flexibility index (Phi) is 8.18. The lowest BCUT2D eigenvalue weighted by atomic mass is 9.97. The number of anilines is 2. The van der Waals surface area contributed by atoms with Gasteiger partial charge in [-0.2, -0.15) is 0 Å². The summed E-state index contributed by atoms with van der Waals surface area (Å²) in [6, 6.07) is 10.6. The number of nitrogens with one attached hydrogen (secondary N) is 3. The van der Waals surface area contributed by atoms with Gasteiger partial charge in [0, 0.05) is 52.9 Å². The smallest absolute Gasteiger partial charge is 0.324 e. The maximum Gasteiger partial charge on any atom is 0.324 e. The van der Waals surface area contributed by atoms with E-state index < -0.39 is 17.2 Å². The van der Waals surface area contributed by atoms with Gasteiger partial charge in [0.2, 0.25) is 11.8 Å². The van der Waals surface area contributed by atoms with Crippen LogP contribution in [0.5, 0.6) is 5.88 Å². The Hall–Kier alpha value is -3.96. The third kappa shape index (κ3) is 5.80. The molecule has 1 aromatic carbocycles. The van der Waals surface area contributed by atoms with Crippen LogP contribution < -0.4 is 20.7 Å². The number of methoxy groups -OCH3 is 2. The SMILES string of the molecule is COc1ccc(-c2ccc(C)c(NC(=O)Nc3sc(C(C)(C)OC)cc3C(=O)N3CCNC(=O)C3(C)C)c2)cn1.[HH].[HH].[HH]. The lowest BCUT2D eigenvalue weighted by Gasteiger charge is -2.41. The minimum Gasteiger partial charge on any atom is -0.481 e. The number of carbonyl (C=O) groups is 3. The van der Waals surface area contributed by atoms with E-state index in [2.05, 4.69) is 20.9 Å². The second-order valence-electron chi connectivity index (χ2n) is 10.5. The number of urea groups is 1. The predicted octanol–water partition coefficient (Wildman–Crippen LogP) is 5.74. The van der Waals surface area contributed by atoms with Crippen molar-refractivity contribution in [2.24, 2.45) is 0 Å². The molecule has 4 amide bonds. The van der Waals surface area contributed by atoms with Crippen LogP contribution in [0.4, 0.5) is 15.5 Å². The number of hydrogen-bond acceptors (Lipinski definition) is 7. The second kappa shape index (κ2) is 11.3. The van der Waals surface area contributed by atoms with Crippen molar-refractivity contribution in [3.63, 3.8) is 0 Å². The summed E-state index contributed by atoms with van der Waals surface area (Å²) in [5.74, 6) is -0.0522. The zero-order valence-electron chi connectivity index (χ0n) is 23.8. The fourth-order valence-corrected chi connectivity index (χ4v) is 5.43. The number of hydrogen-bond donors (Lipinski definition) is 3. The molecule has 4 rings (SSSR count). The van der Waals surface area contributed by atoms with Crippen LogP contribution in [0.25, 0.3) is 11.1 Å². The van der Waals surface area contributed by atoms with E-state index in [-0.39, 0.29) is 16.1 Å². The molecular formula is C29H41N5O5S. The zero-order chi connectivity index (χ0) is 29.2. The van der Waals surface area contributed by atoms with Crippen LogP contribution in [0.15, 0.2) is 42.6 Å². The normalized spacial score (nSPS) is 14.9. The highest BCUT2D eigenvalue weighted by molar-refractivity contribution is 7.16. The van der Waals surface area contributed by atoms with E-state index in [4.69, 9.17) is 9.47 Å². The minimum atomic E-state index is -1.04. The van der Waals surface area contributed by atoms with E-state index in [1.807, 2.05) is 45.0 Å². The summed E-state index contributed by atoms with van der Waals surface area (Å²) in [4.78, 5) is 46.1. The van der Waals surface area contributed by atoms with Crippen LogP contribution in [0, 0.1) is 6.92 Å². The van der Waals surface area contributed by atoms with Crippen molar-refractivity contribution < 1.29 is 28.1 Å². The van der Waals surface area contributed by atoms with Crippen molar-refractivity contribution in [3.8, 4) is 17.0 Å². The topological polar surface area (TPSA) is 122 Å². The van der Waals surface area contributed by atoms with Gasteiger partial charge < -0.3 is 25.0 Å². The monoisotopic (exact) mass is 571 g/mol. The fraction of sp³-hybridized carbons (Fsp3) is 0.379. The number of rotatable bonds is 7. The second-order valence-corrected chi connectivity index (χ2v) is 11.6. The first-order valence-electron chi connectivity index (χ1n) is 12.9.